The number of hydrogen-bond acceptors (Lipinski definition) is 5. The first-order valence-corrected chi connectivity index (χ1v) is 8.20. The Bertz CT molecular complexity index is 841. The molecule has 1 aliphatic heterocycles. The molecular weight excluding hydrogens is 332 g/mol. The van der Waals surface area contributed by atoms with Gasteiger partial charge in [0, 0.05) is 0 Å². The third-order valence-corrected chi connectivity index (χ3v) is 3.66. The van der Waals surface area contributed by atoms with Crippen LogP contribution in [-0.2, 0) is 4.79 Å². The molecule has 134 valence electrons. The normalized spacial score (nSPS) is 13.1. The number of amides is 1. The van der Waals surface area contributed by atoms with Gasteiger partial charge in [-0.15, -0.1) is 0 Å². The lowest BCUT2D eigenvalue weighted by Crippen LogP contribution is -2.25. The highest BCUT2D eigenvalue weighted by atomic mass is 16.7. The third-order valence-electron chi connectivity index (χ3n) is 3.66. The first-order chi connectivity index (χ1) is 12.6. The van der Waals surface area contributed by atoms with Crippen LogP contribution in [0.1, 0.15) is 18.1 Å². The van der Waals surface area contributed by atoms with Crippen molar-refractivity contribution in [2.24, 2.45) is 5.10 Å². The lowest BCUT2D eigenvalue weighted by Gasteiger charge is -2.05. The Morgan fingerprint density at radius 1 is 1.19 bits per heavy atom. The van der Waals surface area contributed by atoms with Gasteiger partial charge in [0.25, 0.3) is 5.91 Å². The van der Waals surface area contributed by atoms with Gasteiger partial charge in [0.2, 0.25) is 6.79 Å². The molecule has 0 aromatic heterocycles. The number of aryl methyl sites for hydroxylation is 1. The molecule has 2 aromatic rings. The van der Waals surface area contributed by atoms with Crippen molar-refractivity contribution in [3.63, 3.8) is 0 Å². The van der Waals surface area contributed by atoms with Crippen LogP contribution >= 0.6 is 0 Å². The molecule has 0 saturated heterocycles. The van der Waals surface area contributed by atoms with Crippen molar-refractivity contribution in [2.45, 2.75) is 13.8 Å². The molecule has 1 aliphatic rings. The lowest BCUT2D eigenvalue weighted by molar-refractivity contribution is -0.123. The Kier molecular flexibility index (Phi) is 5.53. The monoisotopic (exact) mass is 352 g/mol. The van der Waals surface area contributed by atoms with E-state index in [1.54, 1.807) is 13.0 Å². The summed E-state index contributed by atoms with van der Waals surface area (Å²) < 4.78 is 16.0. The molecule has 1 heterocycles. The van der Waals surface area contributed by atoms with Gasteiger partial charge in [-0.25, -0.2) is 5.43 Å². The van der Waals surface area contributed by atoms with Crippen molar-refractivity contribution < 1.29 is 19.0 Å². The Balaban J connectivity index is 1.48. The fourth-order valence-corrected chi connectivity index (χ4v) is 2.24. The number of nitrogens with zero attached hydrogens (tertiary/aromatic N) is 1. The van der Waals surface area contributed by atoms with Crippen LogP contribution in [-0.4, -0.2) is 25.0 Å². The van der Waals surface area contributed by atoms with Crippen LogP contribution in [0.25, 0.3) is 6.08 Å². The maximum absolute atomic E-state index is 11.8. The smallest absolute Gasteiger partial charge is 0.277 e. The van der Waals surface area contributed by atoms with Crippen LogP contribution in [0.4, 0.5) is 0 Å². The maximum atomic E-state index is 11.8. The molecule has 0 fully saturated rings. The second-order valence-electron chi connectivity index (χ2n) is 5.84. The van der Waals surface area contributed by atoms with Gasteiger partial charge < -0.3 is 14.2 Å². The number of nitrogens with one attached hydrogen (secondary N) is 1. The average Bonchev–Trinajstić information content (AvgIpc) is 3.12. The number of benzene rings is 2. The summed E-state index contributed by atoms with van der Waals surface area (Å²) in [7, 11) is 0. The van der Waals surface area contributed by atoms with Crippen LogP contribution in [0.15, 0.2) is 53.6 Å². The number of ether oxygens (including phenoxy) is 3. The molecule has 0 atom stereocenters. The Labute approximate surface area is 152 Å². The van der Waals surface area contributed by atoms with E-state index in [9.17, 15) is 4.79 Å². The molecule has 0 saturated carbocycles. The van der Waals surface area contributed by atoms with Gasteiger partial charge in [0.1, 0.15) is 5.75 Å². The van der Waals surface area contributed by atoms with Gasteiger partial charge in [-0.1, -0.05) is 29.8 Å². The van der Waals surface area contributed by atoms with Gasteiger partial charge in [-0.05, 0) is 49.8 Å². The quantitative estimate of drug-likeness (QED) is 0.640. The van der Waals surface area contributed by atoms with Crippen LogP contribution < -0.4 is 19.6 Å². The van der Waals surface area contributed by atoms with Crippen LogP contribution in [0.2, 0.25) is 0 Å². The zero-order valence-electron chi connectivity index (χ0n) is 14.7. The first kappa shape index (κ1) is 17.5. The van der Waals surface area contributed by atoms with Gasteiger partial charge >= 0.3 is 0 Å². The van der Waals surface area contributed by atoms with Crippen LogP contribution in [0.5, 0.6) is 17.2 Å². The number of rotatable bonds is 6. The fraction of sp³-hybridized carbons (Fsp3) is 0.200. The minimum absolute atomic E-state index is 0.0916. The highest BCUT2D eigenvalue weighted by molar-refractivity contribution is 5.97. The number of allylic oxidation sites excluding steroid dienone is 1. The number of hydrazone groups is 1. The van der Waals surface area contributed by atoms with E-state index in [4.69, 9.17) is 14.2 Å². The summed E-state index contributed by atoms with van der Waals surface area (Å²) in [6.07, 6.45) is 3.69. The second kappa shape index (κ2) is 8.20. The van der Waals surface area contributed by atoms with Gasteiger partial charge in [0.05, 0.1) is 5.71 Å². The summed E-state index contributed by atoms with van der Waals surface area (Å²) in [5.41, 5.74) is 5.22. The fourth-order valence-electron chi connectivity index (χ4n) is 2.24. The molecule has 0 unspecified atom stereocenters. The second-order valence-corrected chi connectivity index (χ2v) is 5.84. The Morgan fingerprint density at radius 2 is 1.96 bits per heavy atom. The number of carbonyl (C=O) groups is 1. The maximum Gasteiger partial charge on any atom is 0.277 e. The van der Waals surface area contributed by atoms with Crippen LogP contribution in [0.3, 0.4) is 0 Å². The predicted octanol–water partition coefficient (Wildman–Crippen LogP) is 3.31. The summed E-state index contributed by atoms with van der Waals surface area (Å²) in [6, 6.07) is 13.2. The van der Waals surface area contributed by atoms with Crippen molar-refractivity contribution in [2.75, 3.05) is 13.4 Å². The van der Waals surface area contributed by atoms with Crippen molar-refractivity contribution >= 4 is 17.7 Å². The summed E-state index contributed by atoms with van der Waals surface area (Å²) >= 11 is 0. The largest absolute Gasteiger partial charge is 0.484 e. The summed E-state index contributed by atoms with van der Waals surface area (Å²) in [4.78, 5) is 11.8. The molecule has 6 heteroatoms. The van der Waals surface area contributed by atoms with Gasteiger partial charge in [0.15, 0.2) is 18.1 Å². The third kappa shape index (κ3) is 4.86. The van der Waals surface area contributed by atoms with Crippen molar-refractivity contribution in [3.05, 3.63) is 59.7 Å². The number of hydrogen-bond donors (Lipinski definition) is 1. The van der Waals surface area contributed by atoms with E-state index in [1.165, 1.54) is 0 Å². The van der Waals surface area contributed by atoms with Crippen molar-refractivity contribution in [3.8, 4) is 17.2 Å². The highest BCUT2D eigenvalue weighted by Crippen LogP contribution is 2.32. The van der Waals surface area contributed by atoms with E-state index in [-0.39, 0.29) is 19.3 Å². The van der Waals surface area contributed by atoms with Crippen molar-refractivity contribution in [1.82, 2.24) is 5.43 Å². The topological polar surface area (TPSA) is 69.2 Å². The molecule has 1 N–H and O–H groups in total. The summed E-state index contributed by atoms with van der Waals surface area (Å²) in [6.45, 7) is 3.95. The lowest BCUT2D eigenvalue weighted by atomic mass is 10.2. The predicted molar refractivity (Wildman–Crippen MR) is 99.5 cm³/mol. The van der Waals surface area contributed by atoms with E-state index in [2.05, 4.69) is 10.5 Å². The molecule has 26 heavy (non-hydrogen) atoms. The van der Waals surface area contributed by atoms with E-state index >= 15 is 0 Å². The standard InChI is InChI=1S/C20H20N2O4/c1-14-3-8-17(9-4-14)24-12-20(23)22-21-15(2)5-6-16-7-10-18-19(11-16)26-13-25-18/h3-11H,12-13H2,1-2H3,(H,22,23)/b6-5+,21-15+. The first-order valence-electron chi connectivity index (χ1n) is 8.20. The molecule has 0 bridgehead atoms. The van der Waals surface area contributed by atoms with E-state index in [1.807, 2.05) is 55.5 Å². The molecule has 6 nitrogen and oxygen atoms in total. The Morgan fingerprint density at radius 3 is 2.77 bits per heavy atom. The molecule has 0 spiro atoms. The Hall–Kier alpha value is -3.28. The van der Waals surface area contributed by atoms with E-state index in [0.717, 1.165) is 22.6 Å². The summed E-state index contributed by atoms with van der Waals surface area (Å²) in [5.74, 6) is 1.80. The zero-order valence-corrected chi connectivity index (χ0v) is 14.7. The molecule has 1 amide bonds. The van der Waals surface area contributed by atoms with Crippen molar-refractivity contribution in [1.29, 1.82) is 0 Å². The molecule has 0 radical (unpaired) electrons. The number of fused-ring (bicyclic) bond motifs is 1. The highest BCUT2D eigenvalue weighted by Gasteiger charge is 2.12. The van der Waals surface area contributed by atoms with Crippen LogP contribution in [0, 0.1) is 6.92 Å². The number of carbonyl (C=O) groups excluding carboxylic acids is 1. The zero-order chi connectivity index (χ0) is 18.4. The molecule has 3 rings (SSSR count). The molecule has 2 aromatic carbocycles. The average molecular weight is 352 g/mol. The minimum atomic E-state index is -0.318. The van der Waals surface area contributed by atoms with E-state index in [0.29, 0.717) is 11.5 Å². The minimum Gasteiger partial charge on any atom is -0.484 e. The van der Waals surface area contributed by atoms with E-state index < -0.39 is 0 Å². The summed E-state index contributed by atoms with van der Waals surface area (Å²) in [5, 5.41) is 4.03. The molecule has 0 aliphatic carbocycles. The molecular formula is C20H20N2O4. The van der Waals surface area contributed by atoms with Gasteiger partial charge in [-0.3, -0.25) is 4.79 Å². The van der Waals surface area contributed by atoms with Gasteiger partial charge in [-0.2, -0.15) is 5.10 Å². The SMILES string of the molecule is CC(/C=C/c1ccc2c(c1)OCO2)=N\NC(=O)COc1ccc(C)cc1.